The molecule has 2 aromatic rings. The molecule has 6 nitrogen and oxygen atoms in total. The summed E-state index contributed by atoms with van der Waals surface area (Å²) in [4.78, 5) is 17.2. The molecule has 1 aliphatic rings. The lowest BCUT2D eigenvalue weighted by atomic mass is 10.1. The van der Waals surface area contributed by atoms with E-state index in [0.29, 0.717) is 0 Å². The minimum Gasteiger partial charge on any atom is -0.387 e. The van der Waals surface area contributed by atoms with Crippen molar-refractivity contribution in [3.8, 4) is 0 Å². The number of nitrogens with zero attached hydrogens (tertiary/aromatic N) is 4. The number of amides is 1. The second kappa shape index (κ2) is 7.49. The van der Waals surface area contributed by atoms with Crippen LogP contribution in [-0.2, 0) is 13.6 Å². The van der Waals surface area contributed by atoms with Gasteiger partial charge in [-0.15, -0.1) is 0 Å². The quantitative estimate of drug-likeness (QED) is 0.930. The maximum absolute atomic E-state index is 12.9. The van der Waals surface area contributed by atoms with Gasteiger partial charge in [-0.1, -0.05) is 12.1 Å². The first-order valence-corrected chi connectivity index (χ1v) is 8.43. The van der Waals surface area contributed by atoms with E-state index in [4.69, 9.17) is 0 Å². The number of benzene rings is 1. The fourth-order valence-corrected chi connectivity index (χ4v) is 3.20. The molecular formula is C18H25N5O. The van der Waals surface area contributed by atoms with Gasteiger partial charge >= 0.3 is 0 Å². The van der Waals surface area contributed by atoms with Crippen LogP contribution < -0.4 is 5.32 Å². The van der Waals surface area contributed by atoms with E-state index in [1.165, 1.54) is 5.56 Å². The zero-order valence-electron chi connectivity index (χ0n) is 14.4. The molecule has 0 saturated carbocycles. The Kier molecular flexibility index (Phi) is 5.15. The molecule has 0 radical (unpaired) electrons. The molecule has 0 bridgehead atoms. The molecule has 128 valence electrons. The van der Waals surface area contributed by atoms with Gasteiger partial charge in [0.15, 0.2) is 0 Å². The molecule has 24 heavy (non-hydrogen) atoms. The van der Waals surface area contributed by atoms with Gasteiger partial charge in [0, 0.05) is 64.3 Å². The number of aromatic nitrogens is 2. The van der Waals surface area contributed by atoms with Gasteiger partial charge in [0.05, 0.1) is 11.8 Å². The minimum absolute atomic E-state index is 0.114. The van der Waals surface area contributed by atoms with Crippen LogP contribution in [0.4, 0.5) is 5.69 Å². The average Bonchev–Trinajstić information content (AvgIpc) is 2.87. The van der Waals surface area contributed by atoms with E-state index in [0.717, 1.165) is 50.4 Å². The van der Waals surface area contributed by atoms with Crippen LogP contribution in [0.2, 0.25) is 0 Å². The van der Waals surface area contributed by atoms with Crippen molar-refractivity contribution in [3.63, 3.8) is 0 Å². The Bertz CT molecular complexity index is 696. The van der Waals surface area contributed by atoms with E-state index in [2.05, 4.69) is 21.5 Å². The highest BCUT2D eigenvalue weighted by atomic mass is 16.2. The summed E-state index contributed by atoms with van der Waals surface area (Å²) in [6.07, 6.45) is 4.96. The van der Waals surface area contributed by atoms with E-state index < -0.39 is 0 Å². The zero-order valence-corrected chi connectivity index (χ0v) is 14.4. The number of hydrogen-bond donors (Lipinski definition) is 1. The van der Waals surface area contributed by atoms with Gasteiger partial charge in [-0.05, 0) is 18.6 Å². The number of para-hydroxylation sites is 1. The van der Waals surface area contributed by atoms with E-state index in [9.17, 15) is 4.79 Å². The van der Waals surface area contributed by atoms with E-state index >= 15 is 0 Å². The molecule has 1 amide bonds. The summed E-state index contributed by atoms with van der Waals surface area (Å²) in [5.41, 5.74) is 2.86. The van der Waals surface area contributed by atoms with Gasteiger partial charge in [-0.3, -0.25) is 14.4 Å². The Balaban J connectivity index is 1.63. The number of carbonyl (C=O) groups excluding carboxylic acids is 1. The lowest BCUT2D eigenvalue weighted by molar-refractivity contribution is 0.0762. The smallest absolute Gasteiger partial charge is 0.255 e. The summed E-state index contributed by atoms with van der Waals surface area (Å²) in [7, 11) is 3.79. The fourth-order valence-electron chi connectivity index (χ4n) is 3.20. The highest BCUT2D eigenvalue weighted by Gasteiger charge is 2.22. The highest BCUT2D eigenvalue weighted by Crippen LogP contribution is 2.18. The molecule has 1 aromatic heterocycles. The lowest BCUT2D eigenvalue weighted by Crippen LogP contribution is -2.35. The fraction of sp³-hybridized carbons (Fsp3) is 0.444. The molecular weight excluding hydrogens is 302 g/mol. The molecule has 1 aromatic carbocycles. The molecule has 1 aliphatic heterocycles. The average molecular weight is 327 g/mol. The maximum Gasteiger partial charge on any atom is 0.255 e. The van der Waals surface area contributed by atoms with E-state index in [1.807, 2.05) is 54.1 Å². The summed E-state index contributed by atoms with van der Waals surface area (Å²) in [5, 5.41) is 7.33. The van der Waals surface area contributed by atoms with Crippen LogP contribution >= 0.6 is 0 Å². The third-order valence-electron chi connectivity index (χ3n) is 4.47. The number of hydrogen-bond acceptors (Lipinski definition) is 4. The molecule has 0 atom stereocenters. The van der Waals surface area contributed by atoms with Gasteiger partial charge in [0.25, 0.3) is 5.91 Å². The molecule has 1 N–H and O–H groups in total. The predicted octanol–water partition coefficient (Wildman–Crippen LogP) is 1.81. The summed E-state index contributed by atoms with van der Waals surface area (Å²) >= 11 is 0. The molecule has 0 unspecified atom stereocenters. The standard InChI is InChI=1S/C18H25N5O/c1-19-17-7-4-3-6-16(17)18(24)23-9-5-8-22(10-11-23)14-15-12-20-21(2)13-15/h3-4,6-7,12-13,19H,5,8-11,14H2,1-2H3. The lowest BCUT2D eigenvalue weighted by Gasteiger charge is -2.22. The Hall–Kier alpha value is -2.34. The first-order chi connectivity index (χ1) is 11.7. The van der Waals surface area contributed by atoms with Crippen molar-refractivity contribution in [1.82, 2.24) is 19.6 Å². The minimum atomic E-state index is 0.114. The summed E-state index contributed by atoms with van der Waals surface area (Å²) in [6, 6.07) is 7.70. The van der Waals surface area contributed by atoms with Crippen molar-refractivity contribution in [2.24, 2.45) is 7.05 Å². The van der Waals surface area contributed by atoms with Crippen molar-refractivity contribution in [2.45, 2.75) is 13.0 Å². The SMILES string of the molecule is CNc1ccccc1C(=O)N1CCCN(Cc2cnn(C)c2)CC1. The predicted molar refractivity (Wildman–Crippen MR) is 95.0 cm³/mol. The Morgan fingerprint density at radius 2 is 2.04 bits per heavy atom. The van der Waals surface area contributed by atoms with Crippen LogP contribution in [0, 0.1) is 0 Å². The number of carbonyl (C=O) groups is 1. The topological polar surface area (TPSA) is 53.4 Å². The molecule has 2 heterocycles. The summed E-state index contributed by atoms with van der Waals surface area (Å²) < 4.78 is 1.83. The van der Waals surface area contributed by atoms with Crippen molar-refractivity contribution in [3.05, 3.63) is 47.8 Å². The van der Waals surface area contributed by atoms with Gasteiger partial charge < -0.3 is 10.2 Å². The summed E-state index contributed by atoms with van der Waals surface area (Å²) in [6.45, 7) is 4.36. The summed E-state index contributed by atoms with van der Waals surface area (Å²) in [5.74, 6) is 0.114. The largest absolute Gasteiger partial charge is 0.387 e. The van der Waals surface area contributed by atoms with Crippen molar-refractivity contribution < 1.29 is 4.79 Å². The number of nitrogens with one attached hydrogen (secondary N) is 1. The van der Waals surface area contributed by atoms with Crippen LogP contribution in [0.25, 0.3) is 0 Å². The molecule has 1 fully saturated rings. The van der Waals surface area contributed by atoms with Crippen molar-refractivity contribution >= 4 is 11.6 Å². The van der Waals surface area contributed by atoms with Crippen LogP contribution in [0.5, 0.6) is 0 Å². The Morgan fingerprint density at radius 1 is 1.21 bits per heavy atom. The first kappa shape index (κ1) is 16.5. The third kappa shape index (κ3) is 3.76. The highest BCUT2D eigenvalue weighted by molar-refractivity contribution is 5.99. The second-order valence-corrected chi connectivity index (χ2v) is 6.24. The van der Waals surface area contributed by atoms with Gasteiger partial charge in [0.2, 0.25) is 0 Å². The Morgan fingerprint density at radius 3 is 2.79 bits per heavy atom. The Labute approximate surface area is 143 Å². The van der Waals surface area contributed by atoms with Gasteiger partial charge in [0.1, 0.15) is 0 Å². The van der Waals surface area contributed by atoms with Gasteiger partial charge in [-0.2, -0.15) is 5.10 Å². The molecule has 6 heteroatoms. The zero-order chi connectivity index (χ0) is 16.9. The molecule has 0 aliphatic carbocycles. The monoisotopic (exact) mass is 327 g/mol. The first-order valence-electron chi connectivity index (χ1n) is 8.43. The van der Waals surface area contributed by atoms with Crippen LogP contribution in [0.15, 0.2) is 36.7 Å². The normalized spacial score (nSPS) is 16.0. The van der Waals surface area contributed by atoms with E-state index in [1.54, 1.807) is 0 Å². The molecule has 1 saturated heterocycles. The van der Waals surface area contributed by atoms with Crippen molar-refractivity contribution in [2.75, 3.05) is 38.5 Å². The van der Waals surface area contributed by atoms with Crippen LogP contribution in [-0.4, -0.2) is 58.7 Å². The number of anilines is 1. The molecule has 3 rings (SSSR count). The second-order valence-electron chi connectivity index (χ2n) is 6.24. The van der Waals surface area contributed by atoms with Crippen molar-refractivity contribution in [1.29, 1.82) is 0 Å². The third-order valence-corrected chi connectivity index (χ3v) is 4.47. The van der Waals surface area contributed by atoms with Crippen LogP contribution in [0.1, 0.15) is 22.3 Å². The van der Waals surface area contributed by atoms with Crippen LogP contribution in [0.3, 0.4) is 0 Å². The van der Waals surface area contributed by atoms with E-state index in [-0.39, 0.29) is 5.91 Å². The number of rotatable bonds is 4. The molecule has 0 spiro atoms. The number of aryl methyl sites for hydroxylation is 1. The van der Waals surface area contributed by atoms with Gasteiger partial charge in [-0.25, -0.2) is 0 Å². The maximum atomic E-state index is 12.9.